The van der Waals surface area contributed by atoms with E-state index in [-0.39, 0.29) is 6.61 Å². The predicted molar refractivity (Wildman–Crippen MR) is 67.1 cm³/mol. The summed E-state index contributed by atoms with van der Waals surface area (Å²) in [5, 5.41) is 0. The van der Waals surface area contributed by atoms with Crippen LogP contribution < -0.4 is 4.74 Å². The van der Waals surface area contributed by atoms with Gasteiger partial charge in [0.05, 0.1) is 12.2 Å². The van der Waals surface area contributed by atoms with Gasteiger partial charge in [-0.2, -0.15) is 0 Å². The summed E-state index contributed by atoms with van der Waals surface area (Å²) in [6.45, 7) is 7.98. The van der Waals surface area contributed by atoms with Crippen LogP contribution in [0.1, 0.15) is 19.4 Å². The molecule has 0 radical (unpaired) electrons. The maximum Gasteiger partial charge on any atom is 0.336 e. The molecular weight excluding hydrogens is 216 g/mol. The van der Waals surface area contributed by atoms with E-state index in [1.54, 1.807) is 6.92 Å². The quantitative estimate of drug-likeness (QED) is 0.561. The summed E-state index contributed by atoms with van der Waals surface area (Å²) in [4.78, 5) is 11.3. The molecule has 92 valence electrons. The third-order valence-electron chi connectivity index (χ3n) is 2.28. The fourth-order valence-corrected chi connectivity index (χ4v) is 1.32. The van der Waals surface area contributed by atoms with Gasteiger partial charge in [0, 0.05) is 0 Å². The van der Waals surface area contributed by atoms with Crippen molar-refractivity contribution in [2.24, 2.45) is 0 Å². The third kappa shape index (κ3) is 4.31. The second kappa shape index (κ2) is 6.74. The van der Waals surface area contributed by atoms with Gasteiger partial charge in [-0.1, -0.05) is 25.6 Å². The van der Waals surface area contributed by atoms with Crippen LogP contribution in [-0.4, -0.2) is 19.2 Å². The molecule has 0 unspecified atom stereocenters. The summed E-state index contributed by atoms with van der Waals surface area (Å²) < 4.78 is 10.3. The first-order valence-corrected chi connectivity index (χ1v) is 5.74. The van der Waals surface area contributed by atoms with Gasteiger partial charge < -0.3 is 9.47 Å². The van der Waals surface area contributed by atoms with Crippen LogP contribution in [0.2, 0.25) is 0 Å². The molecular formula is C14H18O3. The minimum Gasteiger partial charge on any atom is -0.489 e. The van der Waals surface area contributed by atoms with E-state index in [2.05, 4.69) is 13.5 Å². The molecule has 0 N–H and O–H groups in total. The molecule has 0 saturated carbocycles. The standard InChI is InChI=1S/C14H18O3/c1-4-12-7-6-8-13(9-12)17-10-11(3)14(15)16-5-2/h6-9H,3-5,10H2,1-2H3. The molecule has 0 aliphatic carbocycles. The highest BCUT2D eigenvalue weighted by Crippen LogP contribution is 2.14. The molecule has 0 amide bonds. The Hall–Kier alpha value is -1.77. The number of aryl methyl sites for hydroxylation is 1. The van der Waals surface area contributed by atoms with Crippen molar-refractivity contribution in [1.82, 2.24) is 0 Å². The predicted octanol–water partition coefficient (Wildman–Crippen LogP) is 2.75. The number of carbonyl (C=O) groups excluding carboxylic acids is 1. The van der Waals surface area contributed by atoms with Gasteiger partial charge in [-0.25, -0.2) is 4.79 Å². The summed E-state index contributed by atoms with van der Waals surface area (Å²) >= 11 is 0. The molecule has 3 heteroatoms. The molecule has 0 bridgehead atoms. The van der Waals surface area contributed by atoms with Gasteiger partial charge in [0.15, 0.2) is 0 Å². The maximum absolute atomic E-state index is 11.3. The van der Waals surface area contributed by atoms with Crippen LogP contribution in [-0.2, 0) is 16.0 Å². The molecule has 0 fully saturated rings. The second-order valence-corrected chi connectivity index (χ2v) is 3.61. The summed E-state index contributed by atoms with van der Waals surface area (Å²) in [5.74, 6) is 0.342. The van der Waals surface area contributed by atoms with Crippen molar-refractivity contribution in [3.8, 4) is 5.75 Å². The lowest BCUT2D eigenvalue weighted by atomic mass is 10.2. The van der Waals surface area contributed by atoms with Crippen LogP contribution in [0.15, 0.2) is 36.4 Å². The highest BCUT2D eigenvalue weighted by molar-refractivity contribution is 5.88. The molecule has 3 nitrogen and oxygen atoms in total. The lowest BCUT2D eigenvalue weighted by Gasteiger charge is -2.08. The van der Waals surface area contributed by atoms with E-state index in [0.29, 0.717) is 12.2 Å². The molecule has 0 atom stereocenters. The summed E-state index contributed by atoms with van der Waals surface area (Å²) in [5.41, 5.74) is 1.53. The Labute approximate surface area is 102 Å². The lowest BCUT2D eigenvalue weighted by Crippen LogP contribution is -2.13. The van der Waals surface area contributed by atoms with Crippen LogP contribution in [0.25, 0.3) is 0 Å². The lowest BCUT2D eigenvalue weighted by molar-refractivity contribution is -0.138. The average Bonchev–Trinajstić information content (AvgIpc) is 2.36. The van der Waals surface area contributed by atoms with E-state index in [9.17, 15) is 4.79 Å². The van der Waals surface area contributed by atoms with Crippen LogP contribution in [0.4, 0.5) is 0 Å². The normalized spacial score (nSPS) is 9.76. The molecule has 0 aliphatic rings. The van der Waals surface area contributed by atoms with E-state index in [1.807, 2.05) is 24.3 Å². The molecule has 17 heavy (non-hydrogen) atoms. The molecule has 0 heterocycles. The van der Waals surface area contributed by atoms with Crippen molar-refractivity contribution in [1.29, 1.82) is 0 Å². The highest BCUT2D eigenvalue weighted by atomic mass is 16.5. The number of carbonyl (C=O) groups is 1. The Morgan fingerprint density at radius 3 is 2.76 bits per heavy atom. The van der Waals surface area contributed by atoms with E-state index in [1.165, 1.54) is 5.56 Å². The Morgan fingerprint density at radius 1 is 1.35 bits per heavy atom. The van der Waals surface area contributed by atoms with E-state index in [0.717, 1.165) is 12.2 Å². The third-order valence-corrected chi connectivity index (χ3v) is 2.28. The first kappa shape index (κ1) is 13.3. The Morgan fingerprint density at radius 2 is 2.12 bits per heavy atom. The fourth-order valence-electron chi connectivity index (χ4n) is 1.32. The van der Waals surface area contributed by atoms with Crippen molar-refractivity contribution in [2.45, 2.75) is 20.3 Å². The largest absolute Gasteiger partial charge is 0.489 e. The van der Waals surface area contributed by atoms with Gasteiger partial charge in [0.2, 0.25) is 0 Å². The average molecular weight is 234 g/mol. The number of hydrogen-bond acceptors (Lipinski definition) is 3. The molecule has 1 rings (SSSR count). The van der Waals surface area contributed by atoms with Gasteiger partial charge in [0.25, 0.3) is 0 Å². The SMILES string of the molecule is C=C(COc1cccc(CC)c1)C(=O)OCC. The zero-order chi connectivity index (χ0) is 12.7. The van der Waals surface area contributed by atoms with E-state index >= 15 is 0 Å². The van der Waals surface area contributed by atoms with Gasteiger partial charge in [0.1, 0.15) is 12.4 Å². The van der Waals surface area contributed by atoms with Crippen molar-refractivity contribution in [3.63, 3.8) is 0 Å². The molecule has 0 spiro atoms. The number of hydrogen-bond donors (Lipinski definition) is 0. The van der Waals surface area contributed by atoms with Crippen LogP contribution >= 0.6 is 0 Å². The maximum atomic E-state index is 11.3. The van der Waals surface area contributed by atoms with Crippen LogP contribution in [0, 0.1) is 0 Å². The van der Waals surface area contributed by atoms with E-state index < -0.39 is 5.97 Å². The van der Waals surface area contributed by atoms with Gasteiger partial charge in [-0.15, -0.1) is 0 Å². The molecule has 0 saturated heterocycles. The molecule has 0 aliphatic heterocycles. The monoisotopic (exact) mass is 234 g/mol. The van der Waals surface area contributed by atoms with Crippen molar-refractivity contribution >= 4 is 5.97 Å². The highest BCUT2D eigenvalue weighted by Gasteiger charge is 2.08. The second-order valence-electron chi connectivity index (χ2n) is 3.61. The van der Waals surface area contributed by atoms with Crippen LogP contribution in [0.5, 0.6) is 5.75 Å². The van der Waals surface area contributed by atoms with Gasteiger partial charge in [-0.05, 0) is 31.0 Å². The van der Waals surface area contributed by atoms with Crippen molar-refractivity contribution < 1.29 is 14.3 Å². The molecule has 0 aromatic heterocycles. The number of ether oxygens (including phenoxy) is 2. The molecule has 1 aromatic carbocycles. The van der Waals surface area contributed by atoms with Gasteiger partial charge >= 0.3 is 5.97 Å². The summed E-state index contributed by atoms with van der Waals surface area (Å²) in [6, 6.07) is 7.78. The number of esters is 1. The fraction of sp³-hybridized carbons (Fsp3) is 0.357. The van der Waals surface area contributed by atoms with Crippen molar-refractivity contribution in [3.05, 3.63) is 42.0 Å². The first-order chi connectivity index (χ1) is 8.17. The minimum absolute atomic E-state index is 0.159. The molecule has 1 aromatic rings. The Kier molecular flexibility index (Phi) is 5.27. The Balaban J connectivity index is 2.49. The Bertz CT molecular complexity index is 396. The topological polar surface area (TPSA) is 35.5 Å². The summed E-state index contributed by atoms with van der Waals surface area (Å²) in [6.07, 6.45) is 0.954. The number of rotatable bonds is 6. The zero-order valence-electron chi connectivity index (χ0n) is 10.4. The minimum atomic E-state index is -0.404. The van der Waals surface area contributed by atoms with Crippen LogP contribution in [0.3, 0.4) is 0 Å². The number of benzene rings is 1. The van der Waals surface area contributed by atoms with Crippen molar-refractivity contribution in [2.75, 3.05) is 13.2 Å². The van der Waals surface area contributed by atoms with E-state index in [4.69, 9.17) is 9.47 Å². The zero-order valence-corrected chi connectivity index (χ0v) is 10.4. The van der Waals surface area contributed by atoms with Gasteiger partial charge in [-0.3, -0.25) is 0 Å². The smallest absolute Gasteiger partial charge is 0.336 e. The summed E-state index contributed by atoms with van der Waals surface area (Å²) in [7, 11) is 0. The first-order valence-electron chi connectivity index (χ1n) is 5.74.